The van der Waals surface area contributed by atoms with Gasteiger partial charge in [-0.3, -0.25) is 14.2 Å². The monoisotopic (exact) mass is 486 g/mol. The molecule has 0 N–H and O–H groups in total. The summed E-state index contributed by atoms with van der Waals surface area (Å²) in [5.41, 5.74) is 1.79. The van der Waals surface area contributed by atoms with E-state index in [9.17, 15) is 9.59 Å². The van der Waals surface area contributed by atoms with Gasteiger partial charge in [-0.05, 0) is 48.9 Å². The van der Waals surface area contributed by atoms with Crippen molar-refractivity contribution in [1.82, 2.24) is 9.55 Å². The number of nitrogens with zero attached hydrogens (tertiary/aromatic N) is 2. The second-order valence-electron chi connectivity index (χ2n) is 9.29. The third kappa shape index (κ3) is 4.82. The summed E-state index contributed by atoms with van der Waals surface area (Å²) in [7, 11) is 3.22. The lowest BCUT2D eigenvalue weighted by Gasteiger charge is -2.17. The molecule has 0 radical (unpaired) electrons. The molecule has 2 aromatic heterocycles. The highest BCUT2D eigenvalue weighted by molar-refractivity contribution is 7.99. The SMILES string of the molecule is COc1ccc(CCn2c(SCC(=O)C(C)(C)C)nc3sc4c(c3c2=O)CCC4)cc1OC. The van der Waals surface area contributed by atoms with E-state index < -0.39 is 5.41 Å². The second kappa shape index (κ2) is 9.50. The van der Waals surface area contributed by atoms with Crippen LogP contribution in [0.2, 0.25) is 0 Å². The minimum Gasteiger partial charge on any atom is -0.493 e. The Hall–Kier alpha value is -2.32. The Balaban J connectivity index is 1.69. The molecule has 33 heavy (non-hydrogen) atoms. The van der Waals surface area contributed by atoms with Gasteiger partial charge in [0.2, 0.25) is 0 Å². The Morgan fingerprint density at radius 3 is 2.64 bits per heavy atom. The van der Waals surface area contributed by atoms with Crippen molar-refractivity contribution in [2.24, 2.45) is 5.41 Å². The predicted molar refractivity (Wildman–Crippen MR) is 134 cm³/mol. The number of Topliss-reactive ketones (excluding diaryl/α,β-unsaturated/α-hetero) is 1. The van der Waals surface area contributed by atoms with Crippen molar-refractivity contribution in [2.45, 2.75) is 58.2 Å². The number of hydrogen-bond donors (Lipinski definition) is 0. The van der Waals surface area contributed by atoms with E-state index in [1.165, 1.54) is 22.2 Å². The van der Waals surface area contributed by atoms with Crippen molar-refractivity contribution in [3.63, 3.8) is 0 Å². The molecule has 0 fully saturated rings. The number of aryl methyl sites for hydroxylation is 3. The molecule has 2 heterocycles. The van der Waals surface area contributed by atoms with Crippen molar-refractivity contribution >= 4 is 39.1 Å². The van der Waals surface area contributed by atoms with Gasteiger partial charge >= 0.3 is 0 Å². The van der Waals surface area contributed by atoms with Gasteiger partial charge in [0.05, 0.1) is 25.4 Å². The Bertz CT molecular complexity index is 1250. The molecule has 0 saturated heterocycles. The summed E-state index contributed by atoms with van der Waals surface area (Å²) in [5.74, 6) is 1.77. The zero-order valence-corrected chi connectivity index (χ0v) is 21.5. The lowest BCUT2D eigenvalue weighted by molar-refractivity contribution is -0.123. The van der Waals surface area contributed by atoms with E-state index in [0.29, 0.717) is 35.4 Å². The first-order valence-corrected chi connectivity index (χ1v) is 12.9. The maximum atomic E-state index is 13.6. The van der Waals surface area contributed by atoms with Crippen LogP contribution in [0.15, 0.2) is 28.2 Å². The number of ketones is 1. The molecule has 0 unspecified atom stereocenters. The molecular formula is C25H30N2O4S2. The summed E-state index contributed by atoms with van der Waals surface area (Å²) in [6, 6.07) is 5.80. The van der Waals surface area contributed by atoms with Crippen molar-refractivity contribution < 1.29 is 14.3 Å². The van der Waals surface area contributed by atoms with Crippen LogP contribution in [0.5, 0.6) is 11.5 Å². The third-order valence-electron chi connectivity index (χ3n) is 6.03. The van der Waals surface area contributed by atoms with Gasteiger partial charge in [-0.25, -0.2) is 4.98 Å². The third-order valence-corrected chi connectivity index (χ3v) is 8.19. The zero-order valence-electron chi connectivity index (χ0n) is 19.8. The fourth-order valence-corrected chi connectivity index (χ4v) is 6.48. The molecule has 3 aromatic rings. The average molecular weight is 487 g/mol. The highest BCUT2D eigenvalue weighted by Crippen LogP contribution is 2.36. The van der Waals surface area contributed by atoms with Gasteiger partial charge in [0, 0.05) is 16.8 Å². The van der Waals surface area contributed by atoms with Crippen LogP contribution in [0, 0.1) is 5.41 Å². The van der Waals surface area contributed by atoms with Gasteiger partial charge in [-0.1, -0.05) is 38.6 Å². The Labute approximate surface area is 202 Å². The first-order chi connectivity index (χ1) is 15.7. The van der Waals surface area contributed by atoms with Crippen LogP contribution in [-0.2, 0) is 30.6 Å². The van der Waals surface area contributed by atoms with E-state index >= 15 is 0 Å². The quantitative estimate of drug-likeness (QED) is 0.333. The summed E-state index contributed by atoms with van der Waals surface area (Å²) < 4.78 is 12.5. The smallest absolute Gasteiger partial charge is 0.263 e. The zero-order chi connectivity index (χ0) is 23.8. The molecular weight excluding hydrogens is 456 g/mol. The number of carbonyl (C=O) groups is 1. The number of rotatable bonds is 8. The number of thiophene rings is 1. The van der Waals surface area contributed by atoms with E-state index in [0.717, 1.165) is 35.0 Å². The molecule has 0 spiro atoms. The maximum Gasteiger partial charge on any atom is 0.263 e. The standard InChI is InChI=1S/C25H30N2O4S2/c1-25(2,3)20(28)14-32-24-26-22-21(16-7-6-8-19(16)33-22)23(29)27(24)12-11-15-9-10-17(30-4)18(13-15)31-5/h9-10,13H,6-8,11-12,14H2,1-5H3. The molecule has 176 valence electrons. The van der Waals surface area contributed by atoms with Gasteiger partial charge in [-0.2, -0.15) is 0 Å². The van der Waals surface area contributed by atoms with Gasteiger partial charge in [0.15, 0.2) is 16.7 Å². The Morgan fingerprint density at radius 2 is 1.94 bits per heavy atom. The molecule has 0 amide bonds. The fraction of sp³-hybridized carbons (Fsp3) is 0.480. The fourth-order valence-electron chi connectivity index (χ4n) is 3.99. The van der Waals surface area contributed by atoms with Crippen LogP contribution in [0.4, 0.5) is 0 Å². The van der Waals surface area contributed by atoms with Gasteiger partial charge in [0.25, 0.3) is 5.56 Å². The predicted octanol–water partition coefficient (Wildman–Crippen LogP) is 4.91. The summed E-state index contributed by atoms with van der Waals surface area (Å²) in [6.45, 7) is 6.23. The largest absolute Gasteiger partial charge is 0.493 e. The van der Waals surface area contributed by atoms with Crippen LogP contribution in [0.3, 0.4) is 0 Å². The van der Waals surface area contributed by atoms with Gasteiger partial charge in [-0.15, -0.1) is 11.3 Å². The number of aromatic nitrogens is 2. The van der Waals surface area contributed by atoms with Crippen LogP contribution in [-0.4, -0.2) is 35.3 Å². The Morgan fingerprint density at radius 1 is 1.18 bits per heavy atom. The van der Waals surface area contributed by atoms with Crippen LogP contribution >= 0.6 is 23.1 Å². The lowest BCUT2D eigenvalue weighted by Crippen LogP contribution is -2.26. The number of carbonyl (C=O) groups excluding carboxylic acids is 1. The number of thioether (sulfide) groups is 1. The van der Waals surface area contributed by atoms with Crippen LogP contribution in [0.1, 0.15) is 43.2 Å². The van der Waals surface area contributed by atoms with Gasteiger partial charge < -0.3 is 9.47 Å². The number of hydrogen-bond acceptors (Lipinski definition) is 7. The van der Waals surface area contributed by atoms with E-state index in [4.69, 9.17) is 14.5 Å². The highest BCUT2D eigenvalue weighted by atomic mass is 32.2. The number of benzene rings is 1. The van der Waals surface area contributed by atoms with E-state index in [2.05, 4.69) is 0 Å². The number of methoxy groups -OCH3 is 2. The molecule has 0 saturated carbocycles. The molecule has 8 heteroatoms. The number of fused-ring (bicyclic) bond motifs is 3. The van der Waals surface area contributed by atoms with E-state index in [-0.39, 0.29) is 11.3 Å². The molecule has 4 rings (SSSR count). The summed E-state index contributed by atoms with van der Waals surface area (Å²) >= 11 is 3.00. The van der Waals surface area contributed by atoms with Gasteiger partial charge in [0.1, 0.15) is 10.6 Å². The van der Waals surface area contributed by atoms with E-state index in [1.807, 2.05) is 39.0 Å². The number of ether oxygens (including phenoxy) is 2. The summed E-state index contributed by atoms with van der Waals surface area (Å²) in [4.78, 5) is 33.2. The first-order valence-electron chi connectivity index (χ1n) is 11.1. The van der Waals surface area contributed by atoms with E-state index in [1.54, 1.807) is 30.1 Å². The minimum atomic E-state index is -0.425. The summed E-state index contributed by atoms with van der Waals surface area (Å²) in [6.07, 6.45) is 3.70. The molecule has 0 aliphatic heterocycles. The second-order valence-corrected chi connectivity index (χ2v) is 11.3. The van der Waals surface area contributed by atoms with Crippen LogP contribution in [0.25, 0.3) is 10.2 Å². The molecule has 6 nitrogen and oxygen atoms in total. The molecule has 0 atom stereocenters. The van der Waals surface area contributed by atoms with Crippen molar-refractivity contribution in [1.29, 1.82) is 0 Å². The molecule has 0 bridgehead atoms. The van der Waals surface area contributed by atoms with Crippen LogP contribution < -0.4 is 15.0 Å². The average Bonchev–Trinajstić information content (AvgIpc) is 3.36. The lowest BCUT2D eigenvalue weighted by atomic mass is 9.92. The van der Waals surface area contributed by atoms with Crippen molar-refractivity contribution in [3.05, 3.63) is 44.6 Å². The summed E-state index contributed by atoms with van der Waals surface area (Å²) in [5, 5.41) is 1.39. The normalized spacial score (nSPS) is 13.4. The topological polar surface area (TPSA) is 70.4 Å². The minimum absolute atomic E-state index is 0.00517. The Kier molecular flexibility index (Phi) is 6.86. The maximum absolute atomic E-state index is 13.6. The first kappa shape index (κ1) is 23.8. The van der Waals surface area contributed by atoms with Crippen molar-refractivity contribution in [3.8, 4) is 11.5 Å². The molecule has 1 aliphatic rings. The molecule has 1 aliphatic carbocycles. The van der Waals surface area contributed by atoms with Crippen molar-refractivity contribution in [2.75, 3.05) is 20.0 Å². The highest BCUT2D eigenvalue weighted by Gasteiger charge is 2.25. The molecule has 1 aromatic carbocycles.